The van der Waals surface area contributed by atoms with E-state index in [1.807, 2.05) is 6.92 Å². The third kappa shape index (κ3) is 3.00. The van der Waals surface area contributed by atoms with Crippen LogP contribution in [0.2, 0.25) is 10.0 Å². The average molecular weight is 314 g/mol. The fourth-order valence-corrected chi connectivity index (χ4v) is 2.55. The first-order valence-corrected chi connectivity index (χ1v) is 6.83. The van der Waals surface area contributed by atoms with Crippen molar-refractivity contribution in [3.8, 4) is 5.75 Å². The molecule has 2 rings (SSSR count). The van der Waals surface area contributed by atoms with Gasteiger partial charge in [-0.2, -0.15) is 0 Å². The minimum atomic E-state index is -0.344. The quantitative estimate of drug-likeness (QED) is 0.825. The first-order chi connectivity index (χ1) is 9.54. The van der Waals surface area contributed by atoms with E-state index in [9.17, 15) is 4.39 Å². The summed E-state index contributed by atoms with van der Waals surface area (Å²) in [6.45, 7) is 1.82. The summed E-state index contributed by atoms with van der Waals surface area (Å²) in [4.78, 5) is 0. The van der Waals surface area contributed by atoms with Gasteiger partial charge in [-0.1, -0.05) is 35.3 Å². The second kappa shape index (κ2) is 6.33. The Balaban J connectivity index is 2.36. The van der Waals surface area contributed by atoms with Crippen LogP contribution in [0.15, 0.2) is 36.4 Å². The summed E-state index contributed by atoms with van der Waals surface area (Å²) in [5.41, 5.74) is 1.01. The van der Waals surface area contributed by atoms with Gasteiger partial charge in [-0.15, -0.1) is 0 Å². The molecule has 1 unspecified atom stereocenters. The molecule has 0 amide bonds. The summed E-state index contributed by atoms with van der Waals surface area (Å²) >= 11 is 12.2. The predicted molar refractivity (Wildman–Crippen MR) is 81.5 cm³/mol. The van der Waals surface area contributed by atoms with Crippen LogP contribution in [0.1, 0.15) is 18.5 Å². The Bertz CT molecular complexity index is 599. The van der Waals surface area contributed by atoms with Gasteiger partial charge in [-0.3, -0.25) is 0 Å². The standard InChI is InChI=1S/C15H14Cl2FNO/c1-9(14-12(18)7-4-8-13(14)20-2)19-15-10(16)5-3-6-11(15)17/h3-9,19H,1-2H3. The van der Waals surface area contributed by atoms with E-state index in [2.05, 4.69) is 5.32 Å². The van der Waals surface area contributed by atoms with E-state index in [0.717, 1.165) is 0 Å². The van der Waals surface area contributed by atoms with Crippen molar-refractivity contribution in [1.29, 1.82) is 0 Å². The molecule has 0 bridgehead atoms. The van der Waals surface area contributed by atoms with Gasteiger partial charge in [0, 0.05) is 0 Å². The lowest BCUT2D eigenvalue weighted by atomic mass is 10.1. The van der Waals surface area contributed by atoms with Gasteiger partial charge >= 0.3 is 0 Å². The SMILES string of the molecule is COc1cccc(F)c1C(C)Nc1c(Cl)cccc1Cl. The fraction of sp³-hybridized carbons (Fsp3) is 0.200. The van der Waals surface area contributed by atoms with E-state index in [1.165, 1.54) is 13.2 Å². The lowest BCUT2D eigenvalue weighted by Crippen LogP contribution is -2.11. The molecule has 0 aliphatic heterocycles. The van der Waals surface area contributed by atoms with Crippen molar-refractivity contribution in [1.82, 2.24) is 0 Å². The van der Waals surface area contributed by atoms with Crippen molar-refractivity contribution < 1.29 is 9.13 Å². The van der Waals surface area contributed by atoms with E-state index >= 15 is 0 Å². The number of para-hydroxylation sites is 1. The highest BCUT2D eigenvalue weighted by Gasteiger charge is 2.18. The highest BCUT2D eigenvalue weighted by molar-refractivity contribution is 6.39. The fourth-order valence-electron chi connectivity index (χ4n) is 2.04. The number of benzene rings is 2. The molecule has 106 valence electrons. The lowest BCUT2D eigenvalue weighted by molar-refractivity contribution is 0.402. The smallest absolute Gasteiger partial charge is 0.132 e. The topological polar surface area (TPSA) is 21.3 Å². The molecule has 2 nitrogen and oxygen atoms in total. The average Bonchev–Trinajstić information content (AvgIpc) is 2.42. The van der Waals surface area contributed by atoms with Crippen molar-refractivity contribution in [2.24, 2.45) is 0 Å². The summed E-state index contributed by atoms with van der Waals surface area (Å²) < 4.78 is 19.2. The van der Waals surface area contributed by atoms with Crippen LogP contribution in [0, 0.1) is 5.82 Å². The molecule has 20 heavy (non-hydrogen) atoms. The molecule has 1 N–H and O–H groups in total. The van der Waals surface area contributed by atoms with Gasteiger partial charge in [0.05, 0.1) is 34.4 Å². The van der Waals surface area contributed by atoms with E-state index in [1.54, 1.807) is 30.3 Å². The van der Waals surface area contributed by atoms with Crippen LogP contribution < -0.4 is 10.1 Å². The highest BCUT2D eigenvalue weighted by atomic mass is 35.5. The van der Waals surface area contributed by atoms with Gasteiger partial charge < -0.3 is 10.1 Å². The molecule has 0 aliphatic carbocycles. The maximum atomic E-state index is 14.0. The molecule has 0 heterocycles. The summed E-state index contributed by atoms with van der Waals surface area (Å²) in [6.07, 6.45) is 0. The van der Waals surface area contributed by atoms with Crippen LogP contribution in [0.3, 0.4) is 0 Å². The van der Waals surface area contributed by atoms with Crippen molar-refractivity contribution in [3.63, 3.8) is 0 Å². The molecule has 5 heteroatoms. The summed E-state index contributed by atoms with van der Waals surface area (Å²) in [5.74, 6) is 0.140. The summed E-state index contributed by atoms with van der Waals surface area (Å²) in [7, 11) is 1.51. The molecule has 0 spiro atoms. The Labute approximate surface area is 127 Å². The van der Waals surface area contributed by atoms with Gasteiger partial charge in [0.15, 0.2) is 0 Å². The van der Waals surface area contributed by atoms with Gasteiger partial charge in [0.25, 0.3) is 0 Å². The number of hydrogen-bond donors (Lipinski definition) is 1. The molecule has 0 saturated carbocycles. The van der Waals surface area contributed by atoms with Gasteiger partial charge in [0.1, 0.15) is 11.6 Å². The van der Waals surface area contributed by atoms with Crippen LogP contribution in [-0.4, -0.2) is 7.11 Å². The number of anilines is 1. The Morgan fingerprint density at radius 1 is 1.10 bits per heavy atom. The zero-order valence-electron chi connectivity index (χ0n) is 11.1. The Hall–Kier alpha value is -1.45. The molecular weight excluding hydrogens is 300 g/mol. The minimum absolute atomic E-state index is 0.340. The van der Waals surface area contributed by atoms with Crippen LogP contribution in [0.5, 0.6) is 5.75 Å². The molecule has 0 aliphatic rings. The Morgan fingerprint density at radius 2 is 1.70 bits per heavy atom. The second-order valence-corrected chi connectivity index (χ2v) is 5.13. The van der Waals surface area contributed by atoms with Crippen LogP contribution >= 0.6 is 23.2 Å². The van der Waals surface area contributed by atoms with E-state index < -0.39 is 0 Å². The summed E-state index contributed by atoms with van der Waals surface area (Å²) in [5, 5.41) is 4.10. The number of ether oxygens (including phenoxy) is 1. The van der Waals surface area contributed by atoms with Gasteiger partial charge in [-0.05, 0) is 31.2 Å². The maximum Gasteiger partial charge on any atom is 0.132 e. The van der Waals surface area contributed by atoms with Crippen molar-refractivity contribution in [3.05, 3.63) is 57.8 Å². The molecule has 0 saturated heterocycles. The molecule has 1 atom stereocenters. The molecule has 0 fully saturated rings. The molecule has 2 aromatic rings. The minimum Gasteiger partial charge on any atom is -0.496 e. The van der Waals surface area contributed by atoms with E-state index in [4.69, 9.17) is 27.9 Å². The number of rotatable bonds is 4. The molecule has 0 aromatic heterocycles. The van der Waals surface area contributed by atoms with Gasteiger partial charge in [-0.25, -0.2) is 4.39 Å². The first kappa shape index (κ1) is 14.9. The molecule has 0 radical (unpaired) electrons. The number of hydrogen-bond acceptors (Lipinski definition) is 2. The van der Waals surface area contributed by atoms with E-state index in [0.29, 0.717) is 27.0 Å². The van der Waals surface area contributed by atoms with Crippen molar-refractivity contribution in [2.45, 2.75) is 13.0 Å². The largest absolute Gasteiger partial charge is 0.496 e. The maximum absolute atomic E-state index is 14.0. The van der Waals surface area contributed by atoms with Crippen LogP contribution in [0.25, 0.3) is 0 Å². The number of methoxy groups -OCH3 is 1. The second-order valence-electron chi connectivity index (χ2n) is 4.32. The molecule has 2 aromatic carbocycles. The number of halogens is 3. The molecular formula is C15H14Cl2FNO. The third-order valence-electron chi connectivity index (χ3n) is 2.99. The number of nitrogens with one attached hydrogen (secondary N) is 1. The van der Waals surface area contributed by atoms with Gasteiger partial charge in [0.2, 0.25) is 0 Å². The van der Waals surface area contributed by atoms with E-state index in [-0.39, 0.29) is 11.9 Å². The predicted octanol–water partition coefficient (Wildman–Crippen LogP) is 5.31. The highest BCUT2D eigenvalue weighted by Crippen LogP contribution is 2.35. The normalized spacial score (nSPS) is 12.1. The van der Waals surface area contributed by atoms with Crippen molar-refractivity contribution >= 4 is 28.9 Å². The van der Waals surface area contributed by atoms with Crippen LogP contribution in [0.4, 0.5) is 10.1 Å². The monoisotopic (exact) mass is 313 g/mol. The zero-order chi connectivity index (χ0) is 14.7. The summed E-state index contributed by atoms with van der Waals surface area (Å²) in [6, 6.07) is 9.57. The third-order valence-corrected chi connectivity index (χ3v) is 3.62. The Morgan fingerprint density at radius 3 is 2.30 bits per heavy atom. The first-order valence-electron chi connectivity index (χ1n) is 6.07. The van der Waals surface area contributed by atoms with Crippen molar-refractivity contribution in [2.75, 3.05) is 12.4 Å². The van der Waals surface area contributed by atoms with Crippen LogP contribution in [-0.2, 0) is 0 Å². The Kier molecular flexibility index (Phi) is 4.73. The lowest BCUT2D eigenvalue weighted by Gasteiger charge is -2.20. The zero-order valence-corrected chi connectivity index (χ0v) is 12.6.